The van der Waals surface area contributed by atoms with Crippen molar-refractivity contribution < 1.29 is 14.3 Å². The highest BCUT2D eigenvalue weighted by Gasteiger charge is 2.43. The molecule has 0 spiro atoms. The molecule has 4 heterocycles. The summed E-state index contributed by atoms with van der Waals surface area (Å²) in [6.45, 7) is 3.70. The zero-order chi connectivity index (χ0) is 23.7. The molecule has 4 unspecified atom stereocenters. The van der Waals surface area contributed by atoms with E-state index in [0.29, 0.717) is 19.6 Å². The van der Waals surface area contributed by atoms with Gasteiger partial charge in [0.25, 0.3) is 0 Å². The van der Waals surface area contributed by atoms with Gasteiger partial charge in [-0.25, -0.2) is 0 Å². The van der Waals surface area contributed by atoms with Crippen molar-refractivity contribution in [2.45, 2.75) is 62.8 Å². The Morgan fingerprint density at radius 3 is 2.97 bits per heavy atom. The van der Waals surface area contributed by atoms with E-state index in [4.69, 9.17) is 4.74 Å². The zero-order valence-electron chi connectivity index (χ0n) is 20.3. The smallest absolute Gasteiger partial charge is 0.237 e. The number of amides is 2. The molecule has 1 aromatic carbocycles. The predicted molar refractivity (Wildman–Crippen MR) is 131 cm³/mol. The molecule has 0 radical (unpaired) electrons. The summed E-state index contributed by atoms with van der Waals surface area (Å²) in [5.74, 6) is 0.342. The van der Waals surface area contributed by atoms with Crippen LogP contribution in [0.2, 0.25) is 0 Å². The summed E-state index contributed by atoms with van der Waals surface area (Å²) in [5.41, 5.74) is 2.52. The highest BCUT2D eigenvalue weighted by molar-refractivity contribution is 5.84. The molecule has 3 aliphatic rings. The van der Waals surface area contributed by atoms with E-state index in [9.17, 15) is 9.59 Å². The van der Waals surface area contributed by atoms with E-state index < -0.39 is 0 Å². The molecule has 34 heavy (non-hydrogen) atoms. The number of aromatic nitrogens is 1. The second-order valence-electron chi connectivity index (χ2n) is 10.1. The first-order chi connectivity index (χ1) is 16.5. The van der Waals surface area contributed by atoms with Gasteiger partial charge in [-0.05, 0) is 37.3 Å². The van der Waals surface area contributed by atoms with Crippen molar-refractivity contribution in [3.8, 4) is 0 Å². The molecular weight excluding hydrogens is 430 g/mol. The minimum Gasteiger partial charge on any atom is -0.383 e. The summed E-state index contributed by atoms with van der Waals surface area (Å²) in [6.07, 6.45) is 6.38. The fraction of sp³-hybridized carbons (Fsp3) is 0.615. The normalized spacial score (nSPS) is 27.4. The maximum absolute atomic E-state index is 12.9. The van der Waals surface area contributed by atoms with Crippen molar-refractivity contribution >= 4 is 22.7 Å². The standard InChI is InChI=1S/C26H37N5O3/c1-29-15-18(22-7-3-4-8-23(22)29)13-27-19-12-24-26(33)28-14-20(31(24)16-19)9-10-25(32)30-11-5-6-21(30)17-34-2/h3-4,7-8,15,19-21,24,27H,5-6,9-14,16-17H2,1-2H3,(H,28,33). The largest absolute Gasteiger partial charge is 0.383 e. The molecule has 3 aliphatic heterocycles. The number of fused-ring (bicyclic) bond motifs is 2. The van der Waals surface area contributed by atoms with Gasteiger partial charge in [-0.3, -0.25) is 14.5 Å². The lowest BCUT2D eigenvalue weighted by Crippen LogP contribution is -2.58. The van der Waals surface area contributed by atoms with Gasteiger partial charge in [-0.1, -0.05) is 18.2 Å². The van der Waals surface area contributed by atoms with E-state index in [0.717, 1.165) is 45.3 Å². The van der Waals surface area contributed by atoms with Crippen LogP contribution in [0.1, 0.15) is 37.7 Å². The van der Waals surface area contributed by atoms with E-state index in [2.05, 4.69) is 57.6 Å². The van der Waals surface area contributed by atoms with E-state index in [-0.39, 0.29) is 36.0 Å². The molecular formula is C26H37N5O3. The number of nitrogens with zero attached hydrogens (tertiary/aromatic N) is 3. The number of para-hydroxylation sites is 1. The Bertz CT molecular complexity index is 1040. The number of likely N-dealkylation sites (tertiary alicyclic amines) is 1. The Labute approximate surface area is 201 Å². The van der Waals surface area contributed by atoms with E-state index in [1.165, 1.54) is 16.5 Å². The number of benzene rings is 1. The zero-order valence-corrected chi connectivity index (χ0v) is 20.3. The maximum atomic E-state index is 12.9. The van der Waals surface area contributed by atoms with Crippen molar-refractivity contribution in [2.24, 2.45) is 7.05 Å². The number of nitrogens with one attached hydrogen (secondary N) is 2. The van der Waals surface area contributed by atoms with Crippen LogP contribution in [0.5, 0.6) is 0 Å². The van der Waals surface area contributed by atoms with Crippen LogP contribution < -0.4 is 10.6 Å². The SMILES string of the molecule is COCC1CCCN1C(=O)CCC1CNC(=O)C2CC(NCc3cn(C)c4ccccc34)CN12. The highest BCUT2D eigenvalue weighted by atomic mass is 16.5. The molecule has 2 aromatic rings. The van der Waals surface area contributed by atoms with Crippen molar-refractivity contribution in [1.82, 2.24) is 25.0 Å². The van der Waals surface area contributed by atoms with Gasteiger partial charge in [0.05, 0.1) is 18.7 Å². The predicted octanol–water partition coefficient (Wildman–Crippen LogP) is 1.63. The van der Waals surface area contributed by atoms with Crippen molar-refractivity contribution in [2.75, 3.05) is 33.4 Å². The molecule has 184 valence electrons. The topological polar surface area (TPSA) is 78.8 Å². The number of methoxy groups -OCH3 is 1. The Balaban J connectivity index is 1.18. The van der Waals surface area contributed by atoms with Crippen LogP contribution in [-0.4, -0.2) is 83.7 Å². The summed E-state index contributed by atoms with van der Waals surface area (Å²) in [5, 5.41) is 8.07. The summed E-state index contributed by atoms with van der Waals surface area (Å²) < 4.78 is 7.47. The highest BCUT2D eigenvalue weighted by Crippen LogP contribution is 2.28. The number of ether oxygens (including phenoxy) is 1. The number of carbonyl (C=O) groups excluding carboxylic acids is 2. The number of hydrogen-bond acceptors (Lipinski definition) is 5. The maximum Gasteiger partial charge on any atom is 0.237 e. The number of aryl methyl sites for hydroxylation is 1. The van der Waals surface area contributed by atoms with Gasteiger partial charge in [-0.15, -0.1) is 0 Å². The molecule has 8 heteroatoms. The molecule has 8 nitrogen and oxygen atoms in total. The quantitative estimate of drug-likeness (QED) is 0.617. The van der Waals surface area contributed by atoms with Gasteiger partial charge in [0.15, 0.2) is 0 Å². The van der Waals surface area contributed by atoms with E-state index in [1.807, 2.05) is 4.90 Å². The van der Waals surface area contributed by atoms with Crippen LogP contribution in [-0.2, 0) is 27.9 Å². The molecule has 2 N–H and O–H groups in total. The van der Waals surface area contributed by atoms with Crippen LogP contribution in [0.15, 0.2) is 30.5 Å². The second kappa shape index (κ2) is 10.1. The number of carbonyl (C=O) groups is 2. The van der Waals surface area contributed by atoms with Gasteiger partial charge in [-0.2, -0.15) is 0 Å². The number of piperazine rings is 1. The lowest BCUT2D eigenvalue weighted by atomic mass is 10.0. The van der Waals surface area contributed by atoms with Crippen LogP contribution in [0.3, 0.4) is 0 Å². The third-order valence-corrected chi connectivity index (χ3v) is 7.93. The van der Waals surface area contributed by atoms with Crippen molar-refractivity contribution in [1.29, 1.82) is 0 Å². The lowest BCUT2D eigenvalue weighted by molar-refractivity contribution is -0.133. The minimum atomic E-state index is -0.105. The summed E-state index contributed by atoms with van der Waals surface area (Å²) >= 11 is 0. The third kappa shape index (κ3) is 4.59. The monoisotopic (exact) mass is 467 g/mol. The molecule has 3 saturated heterocycles. The molecule has 0 bridgehead atoms. The van der Waals surface area contributed by atoms with Crippen LogP contribution in [0, 0.1) is 0 Å². The van der Waals surface area contributed by atoms with Gasteiger partial charge in [0.2, 0.25) is 11.8 Å². The van der Waals surface area contributed by atoms with Crippen LogP contribution in [0.25, 0.3) is 10.9 Å². The van der Waals surface area contributed by atoms with Gasteiger partial charge < -0.3 is 24.8 Å². The van der Waals surface area contributed by atoms with Crippen LogP contribution >= 0.6 is 0 Å². The molecule has 1 aromatic heterocycles. The average Bonchev–Trinajstić information content (AvgIpc) is 3.56. The first kappa shape index (κ1) is 23.3. The molecule has 3 fully saturated rings. The Morgan fingerprint density at radius 1 is 1.26 bits per heavy atom. The van der Waals surface area contributed by atoms with Gasteiger partial charge in [0.1, 0.15) is 0 Å². The Morgan fingerprint density at radius 2 is 2.12 bits per heavy atom. The first-order valence-electron chi connectivity index (χ1n) is 12.6. The molecule has 0 saturated carbocycles. The lowest BCUT2D eigenvalue weighted by Gasteiger charge is -2.37. The Hall–Kier alpha value is -2.42. The summed E-state index contributed by atoms with van der Waals surface area (Å²) in [6, 6.07) is 9.04. The molecule has 4 atom stereocenters. The number of hydrogen-bond donors (Lipinski definition) is 2. The minimum absolute atomic E-state index is 0.105. The second-order valence-corrected chi connectivity index (χ2v) is 10.1. The molecule has 2 amide bonds. The van der Waals surface area contributed by atoms with Gasteiger partial charge in [0, 0.05) is 75.9 Å². The van der Waals surface area contributed by atoms with Gasteiger partial charge >= 0.3 is 0 Å². The summed E-state index contributed by atoms with van der Waals surface area (Å²) in [4.78, 5) is 29.9. The number of rotatable bonds is 8. The van der Waals surface area contributed by atoms with Crippen molar-refractivity contribution in [3.63, 3.8) is 0 Å². The summed E-state index contributed by atoms with van der Waals surface area (Å²) in [7, 11) is 3.78. The fourth-order valence-corrected chi connectivity index (χ4v) is 6.18. The Kier molecular flexibility index (Phi) is 6.90. The first-order valence-corrected chi connectivity index (χ1v) is 12.6. The third-order valence-electron chi connectivity index (χ3n) is 7.93. The van der Waals surface area contributed by atoms with E-state index >= 15 is 0 Å². The van der Waals surface area contributed by atoms with Crippen molar-refractivity contribution in [3.05, 3.63) is 36.0 Å². The fourth-order valence-electron chi connectivity index (χ4n) is 6.18. The molecule has 0 aliphatic carbocycles. The van der Waals surface area contributed by atoms with Crippen LogP contribution in [0.4, 0.5) is 0 Å². The molecule has 5 rings (SSSR count). The average molecular weight is 468 g/mol. The van der Waals surface area contributed by atoms with E-state index in [1.54, 1.807) is 7.11 Å².